The van der Waals surface area contributed by atoms with E-state index >= 15 is 0 Å². The molecule has 0 N–H and O–H groups in total. The van der Waals surface area contributed by atoms with Crippen molar-refractivity contribution in [3.8, 4) is 0 Å². The van der Waals surface area contributed by atoms with E-state index in [-0.39, 0.29) is 23.6 Å². The third-order valence-electron chi connectivity index (χ3n) is 7.42. The zero-order valence-electron chi connectivity index (χ0n) is 17.3. The van der Waals surface area contributed by atoms with Gasteiger partial charge in [0, 0.05) is 36.3 Å². The van der Waals surface area contributed by atoms with Gasteiger partial charge in [0.2, 0.25) is 5.91 Å². The first-order valence-corrected chi connectivity index (χ1v) is 12.1. The van der Waals surface area contributed by atoms with Gasteiger partial charge in [-0.25, -0.2) is 4.39 Å². The zero-order chi connectivity index (χ0) is 20.5. The molecule has 4 atom stereocenters. The third kappa shape index (κ3) is 4.02. The fourth-order valence-electron chi connectivity index (χ4n) is 5.89. The molecule has 5 nitrogen and oxygen atoms in total. The molecule has 0 spiro atoms. The van der Waals surface area contributed by atoms with E-state index in [1.54, 1.807) is 0 Å². The Bertz CT molecular complexity index is 857. The first-order chi connectivity index (χ1) is 14.7. The smallest absolute Gasteiger partial charge is 0.236 e. The molecule has 3 heterocycles. The Balaban J connectivity index is 1.32. The quantitative estimate of drug-likeness (QED) is 0.737. The number of hydrogen-bond donors (Lipinski definition) is 0. The molecule has 2 aliphatic heterocycles. The summed E-state index contributed by atoms with van der Waals surface area (Å²) in [7, 11) is 0. The van der Waals surface area contributed by atoms with Crippen LogP contribution in [0.15, 0.2) is 29.6 Å². The molecule has 30 heavy (non-hydrogen) atoms. The molecule has 7 heteroatoms. The van der Waals surface area contributed by atoms with Crippen molar-refractivity contribution in [1.82, 2.24) is 19.4 Å². The number of carbonyl (C=O) groups excluding carboxylic acids is 1. The SMILES string of the molecule is O=C(CN1CCC[C@@H]2CCCC[C@@H]21)N1C[C@@H](c2ccc(F)cc2)[C@H](c2csnn2)C1. The molecular weight excluding hydrogens is 399 g/mol. The van der Waals surface area contributed by atoms with Gasteiger partial charge < -0.3 is 4.90 Å². The molecule has 5 rings (SSSR count). The van der Waals surface area contributed by atoms with Gasteiger partial charge in [0.25, 0.3) is 0 Å². The van der Waals surface area contributed by atoms with Crippen LogP contribution >= 0.6 is 11.5 Å². The second-order valence-corrected chi connectivity index (χ2v) is 9.73. The van der Waals surface area contributed by atoms with Crippen molar-refractivity contribution in [2.24, 2.45) is 5.92 Å². The lowest BCUT2D eigenvalue weighted by Crippen LogP contribution is -2.50. The van der Waals surface area contributed by atoms with Crippen molar-refractivity contribution in [3.05, 3.63) is 46.7 Å². The average molecular weight is 429 g/mol. The van der Waals surface area contributed by atoms with E-state index in [0.717, 1.165) is 23.7 Å². The van der Waals surface area contributed by atoms with Crippen LogP contribution in [-0.2, 0) is 4.79 Å². The summed E-state index contributed by atoms with van der Waals surface area (Å²) in [5.41, 5.74) is 2.00. The highest BCUT2D eigenvalue weighted by Crippen LogP contribution is 2.40. The van der Waals surface area contributed by atoms with Gasteiger partial charge in [0.05, 0.1) is 12.2 Å². The highest BCUT2D eigenvalue weighted by Gasteiger charge is 2.40. The Morgan fingerprint density at radius 3 is 2.63 bits per heavy atom. The Kier molecular flexibility index (Phi) is 5.83. The molecule has 3 fully saturated rings. The molecule has 160 valence electrons. The Morgan fingerprint density at radius 1 is 1.07 bits per heavy atom. The molecule has 2 saturated heterocycles. The molecule has 0 bridgehead atoms. The highest BCUT2D eigenvalue weighted by atomic mass is 32.1. The highest BCUT2D eigenvalue weighted by molar-refractivity contribution is 7.03. The average Bonchev–Trinajstić information content (AvgIpc) is 3.45. The molecule has 0 unspecified atom stereocenters. The number of halogens is 1. The van der Waals surface area contributed by atoms with Crippen molar-refractivity contribution in [3.63, 3.8) is 0 Å². The maximum absolute atomic E-state index is 13.5. The van der Waals surface area contributed by atoms with Crippen molar-refractivity contribution >= 4 is 17.4 Å². The largest absolute Gasteiger partial charge is 0.340 e. The van der Waals surface area contributed by atoms with Crippen molar-refractivity contribution < 1.29 is 9.18 Å². The van der Waals surface area contributed by atoms with Crippen molar-refractivity contribution in [1.29, 1.82) is 0 Å². The van der Waals surface area contributed by atoms with E-state index in [0.29, 0.717) is 25.7 Å². The van der Waals surface area contributed by atoms with Crippen LogP contribution in [0.3, 0.4) is 0 Å². The van der Waals surface area contributed by atoms with E-state index < -0.39 is 0 Å². The number of carbonyl (C=O) groups is 1. The number of likely N-dealkylation sites (tertiary alicyclic amines) is 2. The number of rotatable bonds is 4. The summed E-state index contributed by atoms with van der Waals surface area (Å²) in [6, 6.07) is 7.29. The first kappa shape index (κ1) is 20.1. The molecule has 1 aromatic heterocycles. The summed E-state index contributed by atoms with van der Waals surface area (Å²) in [6.07, 6.45) is 7.73. The van der Waals surface area contributed by atoms with Crippen molar-refractivity contribution in [2.75, 3.05) is 26.2 Å². The van der Waals surface area contributed by atoms with Gasteiger partial charge in [-0.15, -0.1) is 5.10 Å². The Morgan fingerprint density at radius 2 is 1.83 bits per heavy atom. The molecule has 1 saturated carbocycles. The molecule has 3 aliphatic rings. The summed E-state index contributed by atoms with van der Waals surface area (Å²) >= 11 is 1.34. The summed E-state index contributed by atoms with van der Waals surface area (Å²) in [6.45, 7) is 2.89. The number of fused-ring (bicyclic) bond motifs is 1. The van der Waals surface area contributed by atoms with Crippen LogP contribution in [0, 0.1) is 11.7 Å². The van der Waals surface area contributed by atoms with Crippen LogP contribution in [-0.4, -0.2) is 57.5 Å². The Hall–Kier alpha value is -1.86. The lowest BCUT2D eigenvalue weighted by Gasteiger charge is -2.44. The van der Waals surface area contributed by atoms with Gasteiger partial charge in [-0.05, 0) is 67.4 Å². The van der Waals surface area contributed by atoms with E-state index in [4.69, 9.17) is 0 Å². The predicted molar refractivity (Wildman–Crippen MR) is 115 cm³/mol. The monoisotopic (exact) mass is 428 g/mol. The standard InChI is InChI=1S/C23H29FN4OS/c24-18-9-7-16(8-10-18)19-12-28(13-20(19)21-15-30-26-25-21)23(29)14-27-11-3-5-17-4-1-2-6-22(17)27/h7-10,15,17,19-20,22H,1-6,11-14H2/t17-,19-,20+,22-/m0/s1. The van der Waals surface area contributed by atoms with Gasteiger partial charge in [-0.1, -0.05) is 29.5 Å². The van der Waals surface area contributed by atoms with Crippen LogP contribution in [0.25, 0.3) is 0 Å². The minimum atomic E-state index is -0.233. The molecule has 1 aromatic carbocycles. The van der Waals surface area contributed by atoms with Gasteiger partial charge >= 0.3 is 0 Å². The van der Waals surface area contributed by atoms with Crippen LogP contribution in [0.4, 0.5) is 4.39 Å². The van der Waals surface area contributed by atoms with E-state index in [1.165, 1.54) is 62.2 Å². The fraction of sp³-hybridized carbons (Fsp3) is 0.609. The summed E-state index contributed by atoms with van der Waals surface area (Å²) in [4.78, 5) is 17.8. The van der Waals surface area contributed by atoms with Crippen LogP contribution in [0.1, 0.15) is 61.6 Å². The van der Waals surface area contributed by atoms with Gasteiger partial charge in [0.1, 0.15) is 5.82 Å². The Labute approximate surface area is 181 Å². The maximum atomic E-state index is 13.5. The summed E-state index contributed by atoms with van der Waals surface area (Å²) in [5.74, 6) is 1.01. The molecule has 1 amide bonds. The van der Waals surface area contributed by atoms with Crippen LogP contribution in [0.2, 0.25) is 0 Å². The lowest BCUT2D eigenvalue weighted by molar-refractivity contribution is -0.133. The van der Waals surface area contributed by atoms with Gasteiger partial charge in [0.15, 0.2) is 0 Å². The van der Waals surface area contributed by atoms with Crippen LogP contribution < -0.4 is 0 Å². The minimum Gasteiger partial charge on any atom is -0.340 e. The molecule has 2 aromatic rings. The second-order valence-electron chi connectivity index (χ2n) is 9.12. The minimum absolute atomic E-state index is 0.113. The van der Waals surface area contributed by atoms with E-state index in [1.807, 2.05) is 22.4 Å². The topological polar surface area (TPSA) is 49.3 Å². The maximum Gasteiger partial charge on any atom is 0.236 e. The third-order valence-corrected chi connectivity index (χ3v) is 7.95. The van der Waals surface area contributed by atoms with Crippen LogP contribution in [0.5, 0.6) is 0 Å². The van der Waals surface area contributed by atoms with Gasteiger partial charge in [-0.3, -0.25) is 9.69 Å². The second kappa shape index (κ2) is 8.71. The van der Waals surface area contributed by atoms with Crippen molar-refractivity contribution in [2.45, 2.75) is 56.4 Å². The summed E-state index contributed by atoms with van der Waals surface area (Å²) < 4.78 is 17.5. The summed E-state index contributed by atoms with van der Waals surface area (Å²) in [5, 5.41) is 6.28. The number of benzene rings is 1. The van der Waals surface area contributed by atoms with Gasteiger partial charge in [-0.2, -0.15) is 0 Å². The fourth-order valence-corrected chi connectivity index (χ4v) is 6.40. The predicted octanol–water partition coefficient (Wildman–Crippen LogP) is 4.04. The number of nitrogens with zero attached hydrogens (tertiary/aromatic N) is 4. The number of amides is 1. The molecular formula is C23H29FN4OS. The number of aromatic nitrogens is 2. The lowest BCUT2D eigenvalue weighted by atomic mass is 9.78. The number of piperidine rings is 1. The normalized spacial score (nSPS) is 29.7. The van der Waals surface area contributed by atoms with E-state index in [9.17, 15) is 9.18 Å². The van der Waals surface area contributed by atoms with E-state index in [2.05, 4.69) is 14.5 Å². The zero-order valence-corrected chi connectivity index (χ0v) is 18.1. The molecule has 0 radical (unpaired) electrons. The number of hydrogen-bond acceptors (Lipinski definition) is 5. The molecule has 1 aliphatic carbocycles. The first-order valence-electron chi connectivity index (χ1n) is 11.2.